The molecule has 2 aromatic heterocycles. The first kappa shape index (κ1) is 18.3. The smallest absolute Gasteiger partial charge is 0.289 e. The summed E-state index contributed by atoms with van der Waals surface area (Å²) in [6.07, 6.45) is 3.19. The van der Waals surface area contributed by atoms with Crippen LogP contribution < -0.4 is 5.32 Å². The Morgan fingerprint density at radius 1 is 1.21 bits per heavy atom. The van der Waals surface area contributed by atoms with E-state index in [4.69, 9.17) is 4.42 Å². The number of piperidine rings is 1. The molecule has 1 aliphatic heterocycles. The molecular weight excluding hydrogens is 383 g/mol. The zero-order chi connectivity index (χ0) is 19.5. The third-order valence-corrected chi connectivity index (χ3v) is 5.61. The van der Waals surface area contributed by atoms with E-state index in [-0.39, 0.29) is 22.6 Å². The van der Waals surface area contributed by atoms with Crippen molar-refractivity contribution in [2.24, 2.45) is 0 Å². The van der Waals surface area contributed by atoms with Crippen molar-refractivity contribution >= 4 is 28.8 Å². The zero-order valence-electron chi connectivity index (χ0n) is 14.8. The van der Waals surface area contributed by atoms with Crippen LogP contribution in [0.5, 0.6) is 0 Å². The molecule has 0 saturated carbocycles. The van der Waals surface area contributed by atoms with Gasteiger partial charge in [0.15, 0.2) is 5.76 Å². The van der Waals surface area contributed by atoms with Crippen LogP contribution in [-0.4, -0.2) is 40.0 Å². The van der Waals surface area contributed by atoms with Gasteiger partial charge in [0.25, 0.3) is 11.8 Å². The van der Waals surface area contributed by atoms with E-state index in [1.807, 2.05) is 0 Å². The number of aromatic nitrogens is 2. The van der Waals surface area contributed by atoms with E-state index in [0.29, 0.717) is 24.5 Å². The molecule has 0 aliphatic carbocycles. The fourth-order valence-corrected chi connectivity index (χ4v) is 3.99. The summed E-state index contributed by atoms with van der Waals surface area (Å²) in [6.45, 7) is 1.17. The first-order valence-electron chi connectivity index (χ1n) is 8.83. The van der Waals surface area contributed by atoms with E-state index in [1.54, 1.807) is 17.0 Å². The third kappa shape index (κ3) is 3.94. The summed E-state index contributed by atoms with van der Waals surface area (Å²) in [6, 6.07) is 8.84. The summed E-state index contributed by atoms with van der Waals surface area (Å²) < 4.78 is 18.2. The number of amides is 2. The Hall–Kier alpha value is -3.07. The fourth-order valence-electron chi connectivity index (χ4n) is 3.13. The van der Waals surface area contributed by atoms with Crippen LogP contribution in [-0.2, 0) is 0 Å². The zero-order valence-corrected chi connectivity index (χ0v) is 15.6. The second-order valence-electron chi connectivity index (χ2n) is 6.47. The molecule has 0 bridgehead atoms. The Labute approximate surface area is 164 Å². The van der Waals surface area contributed by atoms with Crippen molar-refractivity contribution in [3.63, 3.8) is 0 Å². The molecule has 4 rings (SSSR count). The maximum Gasteiger partial charge on any atom is 0.289 e. The molecule has 1 aliphatic rings. The Kier molecular flexibility index (Phi) is 5.16. The quantitative estimate of drug-likeness (QED) is 0.724. The summed E-state index contributed by atoms with van der Waals surface area (Å²) in [7, 11) is 0. The van der Waals surface area contributed by atoms with E-state index < -0.39 is 5.91 Å². The number of benzene rings is 1. The highest BCUT2D eigenvalue weighted by Gasteiger charge is 2.29. The molecular formula is C19H17FN4O3S. The van der Waals surface area contributed by atoms with Crippen LogP contribution in [0.2, 0.25) is 0 Å². The lowest BCUT2D eigenvalue weighted by Crippen LogP contribution is -2.38. The molecule has 0 unspecified atom stereocenters. The highest BCUT2D eigenvalue weighted by Crippen LogP contribution is 2.30. The number of anilines is 1. The Morgan fingerprint density at radius 2 is 2.04 bits per heavy atom. The van der Waals surface area contributed by atoms with Gasteiger partial charge in [-0.3, -0.25) is 9.59 Å². The van der Waals surface area contributed by atoms with Crippen LogP contribution in [0.15, 0.2) is 47.1 Å². The first-order valence-corrected chi connectivity index (χ1v) is 9.65. The van der Waals surface area contributed by atoms with Crippen molar-refractivity contribution < 1.29 is 18.4 Å². The van der Waals surface area contributed by atoms with Crippen LogP contribution in [0.25, 0.3) is 0 Å². The third-order valence-electron chi connectivity index (χ3n) is 4.53. The predicted molar refractivity (Wildman–Crippen MR) is 101 cm³/mol. The van der Waals surface area contributed by atoms with Gasteiger partial charge in [0.2, 0.25) is 5.01 Å². The number of furan rings is 1. The number of nitrogens with zero attached hydrogens (tertiary/aromatic N) is 3. The predicted octanol–water partition coefficient (Wildman–Crippen LogP) is 3.54. The Morgan fingerprint density at radius 3 is 2.79 bits per heavy atom. The molecule has 3 aromatic rings. The lowest BCUT2D eigenvalue weighted by atomic mass is 9.98. The fraction of sp³-hybridized carbons (Fsp3) is 0.263. The van der Waals surface area contributed by atoms with Crippen LogP contribution >= 0.6 is 11.3 Å². The topological polar surface area (TPSA) is 88.3 Å². The molecule has 1 N–H and O–H groups in total. The number of nitrogens with one attached hydrogen (secondary N) is 1. The summed E-state index contributed by atoms with van der Waals surface area (Å²) in [5.41, 5.74) is 0.482. The van der Waals surface area contributed by atoms with Crippen LogP contribution in [0.1, 0.15) is 44.1 Å². The number of likely N-dealkylation sites (tertiary alicyclic amines) is 1. The van der Waals surface area contributed by atoms with Gasteiger partial charge < -0.3 is 14.6 Å². The van der Waals surface area contributed by atoms with Crippen molar-refractivity contribution in [1.29, 1.82) is 0 Å². The van der Waals surface area contributed by atoms with Gasteiger partial charge in [-0.05, 0) is 49.2 Å². The SMILES string of the molecule is O=C(Nc1ccc(F)cc1)c1nnc([C@@H]2CCCN(C(=O)c3ccco3)C2)s1. The van der Waals surface area contributed by atoms with Gasteiger partial charge in [-0.15, -0.1) is 10.2 Å². The molecule has 0 radical (unpaired) electrons. The molecule has 9 heteroatoms. The number of hydrogen-bond acceptors (Lipinski definition) is 6. The van der Waals surface area contributed by atoms with Gasteiger partial charge in [0.1, 0.15) is 10.8 Å². The summed E-state index contributed by atoms with van der Waals surface area (Å²) >= 11 is 1.21. The average molecular weight is 400 g/mol. The second kappa shape index (κ2) is 7.89. The van der Waals surface area contributed by atoms with Gasteiger partial charge >= 0.3 is 0 Å². The first-order chi connectivity index (χ1) is 13.6. The molecule has 0 spiro atoms. The average Bonchev–Trinajstić information content (AvgIpc) is 3.41. The van der Waals surface area contributed by atoms with Gasteiger partial charge in [0.05, 0.1) is 6.26 Å². The van der Waals surface area contributed by atoms with E-state index in [1.165, 1.54) is 41.9 Å². The van der Waals surface area contributed by atoms with Gasteiger partial charge in [0, 0.05) is 24.7 Å². The van der Waals surface area contributed by atoms with E-state index in [2.05, 4.69) is 15.5 Å². The Bertz CT molecular complexity index is 971. The van der Waals surface area contributed by atoms with E-state index in [9.17, 15) is 14.0 Å². The summed E-state index contributed by atoms with van der Waals surface area (Å²) in [5, 5.41) is 11.8. The monoisotopic (exact) mass is 400 g/mol. The minimum Gasteiger partial charge on any atom is -0.459 e. The van der Waals surface area contributed by atoms with Gasteiger partial charge in [-0.1, -0.05) is 11.3 Å². The maximum absolute atomic E-state index is 13.0. The van der Waals surface area contributed by atoms with Crippen molar-refractivity contribution in [2.45, 2.75) is 18.8 Å². The lowest BCUT2D eigenvalue weighted by Gasteiger charge is -2.30. The highest BCUT2D eigenvalue weighted by molar-refractivity contribution is 7.13. The van der Waals surface area contributed by atoms with E-state index in [0.717, 1.165) is 17.8 Å². The van der Waals surface area contributed by atoms with E-state index >= 15 is 0 Å². The number of carbonyl (C=O) groups excluding carboxylic acids is 2. The summed E-state index contributed by atoms with van der Waals surface area (Å²) in [5.74, 6) is -0.569. The number of halogens is 1. The van der Waals surface area contributed by atoms with Crippen molar-refractivity contribution in [1.82, 2.24) is 15.1 Å². The molecule has 7 nitrogen and oxygen atoms in total. The van der Waals surface area contributed by atoms with Crippen molar-refractivity contribution in [3.8, 4) is 0 Å². The molecule has 2 amide bonds. The largest absolute Gasteiger partial charge is 0.459 e. The maximum atomic E-state index is 13.0. The van der Waals surface area contributed by atoms with Crippen molar-refractivity contribution in [2.75, 3.05) is 18.4 Å². The van der Waals surface area contributed by atoms with Crippen molar-refractivity contribution in [3.05, 3.63) is 64.3 Å². The lowest BCUT2D eigenvalue weighted by molar-refractivity contribution is 0.0674. The number of hydrogen-bond donors (Lipinski definition) is 1. The standard InChI is InChI=1S/C19H17FN4O3S/c20-13-5-7-14(8-6-13)21-16(25)18-23-22-17(28-18)12-3-1-9-24(11-12)19(26)15-4-2-10-27-15/h2,4-8,10,12H,1,3,9,11H2,(H,21,25)/t12-/m1/s1. The molecule has 1 atom stereocenters. The van der Waals surface area contributed by atoms with Gasteiger partial charge in [-0.2, -0.15) is 0 Å². The molecule has 144 valence electrons. The van der Waals surface area contributed by atoms with Gasteiger partial charge in [-0.25, -0.2) is 4.39 Å². The van der Waals surface area contributed by atoms with Crippen LogP contribution in [0.4, 0.5) is 10.1 Å². The molecule has 28 heavy (non-hydrogen) atoms. The molecule has 1 aromatic carbocycles. The number of carbonyl (C=O) groups is 2. The minimum atomic E-state index is -0.394. The number of rotatable bonds is 4. The second-order valence-corrected chi connectivity index (χ2v) is 7.48. The summed E-state index contributed by atoms with van der Waals surface area (Å²) in [4.78, 5) is 26.6. The van der Waals surface area contributed by atoms with Crippen LogP contribution in [0.3, 0.4) is 0 Å². The highest BCUT2D eigenvalue weighted by atomic mass is 32.1. The minimum absolute atomic E-state index is 0.0255. The molecule has 1 saturated heterocycles. The Balaban J connectivity index is 1.42. The molecule has 3 heterocycles. The normalized spacial score (nSPS) is 16.8. The molecule has 1 fully saturated rings. The van der Waals surface area contributed by atoms with Crippen LogP contribution in [0, 0.1) is 5.82 Å².